The van der Waals surface area contributed by atoms with Crippen molar-refractivity contribution in [2.24, 2.45) is 0 Å². The van der Waals surface area contributed by atoms with Gasteiger partial charge >= 0.3 is 0 Å². The zero-order chi connectivity index (χ0) is 11.3. The van der Waals surface area contributed by atoms with Crippen LogP contribution in [-0.4, -0.2) is 19.6 Å². The Morgan fingerprint density at radius 3 is 2.53 bits per heavy atom. The minimum atomic E-state index is 0.535. The molecule has 0 fully saturated rings. The van der Waals surface area contributed by atoms with Crippen LogP contribution in [0.1, 0.15) is 26.3 Å². The standard InChI is InChI=1S/C13H22N2/c1-5-14-10-12-8-6-7-9-13(12)15(4)11(2)3/h6-9,11,14H,5,10H2,1-4H3. The molecule has 0 aliphatic heterocycles. The number of hydrogen-bond donors (Lipinski definition) is 1. The first-order chi connectivity index (χ1) is 7.16. The van der Waals surface area contributed by atoms with Crippen LogP contribution in [0, 0.1) is 0 Å². The van der Waals surface area contributed by atoms with E-state index in [9.17, 15) is 0 Å². The molecule has 84 valence electrons. The van der Waals surface area contributed by atoms with Crippen LogP contribution in [0.3, 0.4) is 0 Å². The third-order valence-corrected chi connectivity index (χ3v) is 2.71. The Bertz CT molecular complexity index is 294. The van der Waals surface area contributed by atoms with Gasteiger partial charge in [-0.2, -0.15) is 0 Å². The summed E-state index contributed by atoms with van der Waals surface area (Å²) in [7, 11) is 2.15. The summed E-state index contributed by atoms with van der Waals surface area (Å²) < 4.78 is 0. The Hall–Kier alpha value is -1.02. The number of rotatable bonds is 5. The van der Waals surface area contributed by atoms with Crippen LogP contribution in [0.4, 0.5) is 5.69 Å². The molecule has 1 aromatic rings. The van der Waals surface area contributed by atoms with Crippen molar-refractivity contribution in [3.8, 4) is 0 Å². The van der Waals surface area contributed by atoms with E-state index in [0.717, 1.165) is 13.1 Å². The first kappa shape index (κ1) is 12.1. The summed E-state index contributed by atoms with van der Waals surface area (Å²) in [6.07, 6.45) is 0. The van der Waals surface area contributed by atoms with Crippen LogP contribution >= 0.6 is 0 Å². The molecule has 0 spiro atoms. The van der Waals surface area contributed by atoms with Crippen LogP contribution in [0.25, 0.3) is 0 Å². The molecule has 0 saturated carbocycles. The second-order valence-corrected chi connectivity index (χ2v) is 4.11. The second kappa shape index (κ2) is 5.76. The molecule has 0 saturated heterocycles. The highest BCUT2D eigenvalue weighted by Gasteiger charge is 2.08. The molecule has 0 aliphatic rings. The van der Waals surface area contributed by atoms with Gasteiger partial charge < -0.3 is 10.2 Å². The quantitative estimate of drug-likeness (QED) is 0.796. The van der Waals surface area contributed by atoms with Gasteiger partial charge in [0, 0.05) is 25.3 Å². The van der Waals surface area contributed by atoms with E-state index in [2.05, 4.69) is 62.3 Å². The molecule has 0 bridgehead atoms. The molecule has 0 aliphatic carbocycles. The number of benzene rings is 1. The molecule has 1 rings (SSSR count). The maximum absolute atomic E-state index is 3.37. The van der Waals surface area contributed by atoms with Crippen LogP contribution in [-0.2, 0) is 6.54 Å². The first-order valence-electron chi connectivity index (χ1n) is 5.68. The van der Waals surface area contributed by atoms with Crippen molar-refractivity contribution in [2.45, 2.75) is 33.4 Å². The Kier molecular flexibility index (Phi) is 4.63. The molecule has 0 amide bonds. The molecule has 1 aromatic carbocycles. The van der Waals surface area contributed by atoms with Gasteiger partial charge in [-0.05, 0) is 32.0 Å². The van der Waals surface area contributed by atoms with E-state index in [1.54, 1.807) is 0 Å². The van der Waals surface area contributed by atoms with E-state index in [4.69, 9.17) is 0 Å². The fraction of sp³-hybridized carbons (Fsp3) is 0.538. The second-order valence-electron chi connectivity index (χ2n) is 4.11. The fourth-order valence-electron chi connectivity index (χ4n) is 1.54. The lowest BCUT2D eigenvalue weighted by Gasteiger charge is -2.26. The molecule has 15 heavy (non-hydrogen) atoms. The lowest BCUT2D eigenvalue weighted by molar-refractivity contribution is 0.709. The summed E-state index contributed by atoms with van der Waals surface area (Å²) >= 11 is 0. The zero-order valence-electron chi connectivity index (χ0n) is 10.2. The van der Waals surface area contributed by atoms with E-state index in [-0.39, 0.29) is 0 Å². The van der Waals surface area contributed by atoms with Gasteiger partial charge in [-0.3, -0.25) is 0 Å². The smallest absolute Gasteiger partial charge is 0.0411 e. The number of nitrogens with one attached hydrogen (secondary N) is 1. The summed E-state index contributed by atoms with van der Waals surface area (Å²) in [6, 6.07) is 9.12. The Balaban J connectivity index is 2.85. The lowest BCUT2D eigenvalue weighted by atomic mass is 10.1. The van der Waals surface area contributed by atoms with Crippen LogP contribution in [0.15, 0.2) is 24.3 Å². The molecule has 0 atom stereocenters. The highest BCUT2D eigenvalue weighted by Crippen LogP contribution is 2.20. The Morgan fingerprint density at radius 1 is 1.27 bits per heavy atom. The minimum absolute atomic E-state index is 0.535. The van der Waals surface area contributed by atoms with Crippen LogP contribution in [0.5, 0.6) is 0 Å². The summed E-state index contributed by atoms with van der Waals surface area (Å²) in [5, 5.41) is 3.37. The highest BCUT2D eigenvalue weighted by molar-refractivity contribution is 5.53. The van der Waals surface area contributed by atoms with Crippen molar-refractivity contribution in [2.75, 3.05) is 18.5 Å². The van der Waals surface area contributed by atoms with Gasteiger partial charge in [0.1, 0.15) is 0 Å². The topological polar surface area (TPSA) is 15.3 Å². The van der Waals surface area contributed by atoms with Gasteiger partial charge in [-0.1, -0.05) is 25.1 Å². The van der Waals surface area contributed by atoms with Crippen molar-refractivity contribution in [1.82, 2.24) is 5.32 Å². The molecule has 2 heteroatoms. The largest absolute Gasteiger partial charge is 0.372 e. The SMILES string of the molecule is CCNCc1ccccc1N(C)C(C)C. The third kappa shape index (κ3) is 3.24. The molecular weight excluding hydrogens is 184 g/mol. The molecule has 0 aromatic heterocycles. The van der Waals surface area contributed by atoms with Gasteiger partial charge in [0.25, 0.3) is 0 Å². The fourth-order valence-corrected chi connectivity index (χ4v) is 1.54. The lowest BCUT2D eigenvalue weighted by Crippen LogP contribution is -2.27. The van der Waals surface area contributed by atoms with Crippen molar-refractivity contribution in [3.63, 3.8) is 0 Å². The van der Waals surface area contributed by atoms with E-state index < -0.39 is 0 Å². The molecular formula is C13H22N2. The third-order valence-electron chi connectivity index (χ3n) is 2.71. The number of nitrogens with zero attached hydrogens (tertiary/aromatic N) is 1. The van der Waals surface area contributed by atoms with Gasteiger partial charge in [0.2, 0.25) is 0 Å². The van der Waals surface area contributed by atoms with Crippen molar-refractivity contribution in [1.29, 1.82) is 0 Å². The van der Waals surface area contributed by atoms with Gasteiger partial charge in [-0.25, -0.2) is 0 Å². The highest BCUT2D eigenvalue weighted by atomic mass is 15.1. The Labute approximate surface area is 93.3 Å². The van der Waals surface area contributed by atoms with Crippen molar-refractivity contribution >= 4 is 5.69 Å². The van der Waals surface area contributed by atoms with E-state index in [1.807, 2.05) is 0 Å². The summed E-state index contributed by atoms with van der Waals surface area (Å²) in [4.78, 5) is 2.31. The van der Waals surface area contributed by atoms with Crippen LogP contribution < -0.4 is 10.2 Å². The number of hydrogen-bond acceptors (Lipinski definition) is 2. The van der Waals surface area contributed by atoms with Gasteiger partial charge in [-0.15, -0.1) is 0 Å². The van der Waals surface area contributed by atoms with E-state index >= 15 is 0 Å². The van der Waals surface area contributed by atoms with Crippen molar-refractivity contribution < 1.29 is 0 Å². The van der Waals surface area contributed by atoms with E-state index in [0.29, 0.717) is 6.04 Å². The maximum atomic E-state index is 3.37. The van der Waals surface area contributed by atoms with E-state index in [1.165, 1.54) is 11.3 Å². The summed E-state index contributed by atoms with van der Waals surface area (Å²) in [5.41, 5.74) is 2.70. The minimum Gasteiger partial charge on any atom is -0.372 e. The molecule has 1 N–H and O–H groups in total. The maximum Gasteiger partial charge on any atom is 0.0411 e. The number of anilines is 1. The monoisotopic (exact) mass is 206 g/mol. The van der Waals surface area contributed by atoms with Crippen molar-refractivity contribution in [3.05, 3.63) is 29.8 Å². The molecule has 0 unspecified atom stereocenters. The molecule has 0 radical (unpaired) electrons. The van der Waals surface area contributed by atoms with Crippen LogP contribution in [0.2, 0.25) is 0 Å². The Morgan fingerprint density at radius 2 is 1.93 bits per heavy atom. The predicted molar refractivity (Wildman–Crippen MR) is 67.4 cm³/mol. The van der Waals surface area contributed by atoms with Gasteiger partial charge in [0.15, 0.2) is 0 Å². The normalized spacial score (nSPS) is 10.7. The van der Waals surface area contributed by atoms with Gasteiger partial charge in [0.05, 0.1) is 0 Å². The molecule has 2 nitrogen and oxygen atoms in total. The summed E-state index contributed by atoms with van der Waals surface area (Å²) in [5.74, 6) is 0. The first-order valence-corrected chi connectivity index (χ1v) is 5.68. The summed E-state index contributed by atoms with van der Waals surface area (Å²) in [6.45, 7) is 8.52. The zero-order valence-corrected chi connectivity index (χ0v) is 10.2. The number of para-hydroxylation sites is 1. The molecule has 0 heterocycles. The predicted octanol–water partition coefficient (Wildman–Crippen LogP) is 2.64. The average molecular weight is 206 g/mol. The average Bonchev–Trinajstić information content (AvgIpc) is 2.25.